The Labute approximate surface area is 357 Å². The lowest BCUT2D eigenvalue weighted by molar-refractivity contribution is -0.137. The molecule has 62 heavy (non-hydrogen) atoms. The first-order valence-corrected chi connectivity index (χ1v) is 24.3. The molecule has 1 fully saturated rings. The highest BCUT2D eigenvalue weighted by molar-refractivity contribution is 8.13. The number of nitrogens with one attached hydrogen (secondary N) is 2. The summed E-state index contributed by atoms with van der Waals surface area (Å²) in [5.74, 6) is -2.21. The number of nitrogen functional groups attached to an aromatic ring is 1. The van der Waals surface area contributed by atoms with Crippen LogP contribution in [0, 0.1) is 5.41 Å². The van der Waals surface area contributed by atoms with E-state index in [2.05, 4.69) is 34.4 Å². The summed E-state index contributed by atoms with van der Waals surface area (Å²) in [7, 11) is -16.5. The molecule has 1 saturated heterocycles. The number of rotatable bonds is 28. The van der Waals surface area contributed by atoms with Gasteiger partial charge in [0.25, 0.3) is 0 Å². The van der Waals surface area contributed by atoms with E-state index < -0.39 is 96.6 Å². The molecule has 2 amide bonds. The molecule has 8 atom stereocenters. The van der Waals surface area contributed by atoms with Crippen LogP contribution in [0.5, 0.6) is 0 Å². The fraction of sp³-hybridized carbons (Fsp3) is 0.710. The molecule has 2 aromatic rings. The van der Waals surface area contributed by atoms with Gasteiger partial charge in [-0.05, 0) is 12.8 Å². The van der Waals surface area contributed by atoms with Gasteiger partial charge in [0.15, 0.2) is 22.8 Å². The summed E-state index contributed by atoms with van der Waals surface area (Å²) >= 11 is 0.924. The predicted molar refractivity (Wildman–Crippen MR) is 213 cm³/mol. The highest BCUT2D eigenvalue weighted by atomic mass is 32.2. The molecule has 12 N–H and O–H groups in total. The monoisotopic (exact) mass is 967 g/mol. The number of carbonyl (C=O) groups excluding carboxylic acids is 3. The maximum atomic E-state index is 12.7. The normalized spacial score (nSPS) is 21.2. The van der Waals surface area contributed by atoms with Crippen LogP contribution in [0.4, 0.5) is 5.82 Å². The third-order valence-corrected chi connectivity index (χ3v) is 12.8. The minimum absolute atomic E-state index is 0.0191. The van der Waals surface area contributed by atoms with Crippen LogP contribution in [0.3, 0.4) is 0 Å². The number of hydrogen-bond acceptors (Lipinski definition) is 20. The average molecular weight is 968 g/mol. The number of nitrogens with zero attached hydrogens (tertiary/aromatic N) is 4. The predicted octanol–water partition coefficient (Wildman–Crippen LogP) is -0.159. The van der Waals surface area contributed by atoms with E-state index in [1.165, 1.54) is 13.8 Å². The summed E-state index contributed by atoms with van der Waals surface area (Å²) in [6, 6.07) is 0. The van der Waals surface area contributed by atoms with Crippen LogP contribution in [0.1, 0.15) is 71.4 Å². The van der Waals surface area contributed by atoms with E-state index in [1.54, 1.807) is 0 Å². The second-order valence-corrected chi connectivity index (χ2v) is 19.9. The second-order valence-electron chi connectivity index (χ2n) is 14.5. The Bertz CT molecular complexity index is 1990. The standard InChI is InChI=1S/C31H52N7O20P3S/c1-31(2,26(45)29(46)34-10-9-20(40)33-11-12-62-22(43)13-18(39)7-5-3-4-6-8-21(41)42)15-55-61(52,53)58-60(50,51)54-14-19-25(57-59(47,48)49)24(44)30(56-19)38-17-37-23-27(32)35-16-36-28(23)38/h16-19,24-26,30,39,44-45H,3-15H2,1-2H3,(H,33,40)(H,34,46)(H,41,42)(H,50,51)(H,52,53)(H2,32,35,36)(H2,47,48,49)/t18?,19-,24-,25-,26+,30-/m1/s1. The van der Waals surface area contributed by atoms with Crippen molar-refractivity contribution in [3.8, 4) is 0 Å². The Balaban J connectivity index is 1.39. The molecule has 31 heteroatoms. The zero-order valence-electron chi connectivity index (χ0n) is 33.4. The van der Waals surface area contributed by atoms with Crippen LogP contribution >= 0.6 is 35.2 Å². The van der Waals surface area contributed by atoms with E-state index >= 15 is 0 Å². The number of aliphatic hydroxyl groups excluding tert-OH is 3. The van der Waals surface area contributed by atoms with E-state index in [0.29, 0.717) is 25.7 Å². The van der Waals surface area contributed by atoms with Crippen molar-refractivity contribution < 1.29 is 95.5 Å². The van der Waals surface area contributed by atoms with E-state index in [4.69, 9.17) is 24.6 Å². The van der Waals surface area contributed by atoms with Gasteiger partial charge in [0.2, 0.25) is 11.8 Å². The Hall–Kier alpha value is -3.01. The first-order chi connectivity index (χ1) is 28.8. The van der Waals surface area contributed by atoms with Gasteiger partial charge >= 0.3 is 29.4 Å². The largest absolute Gasteiger partial charge is 0.481 e. The summed E-state index contributed by atoms with van der Waals surface area (Å²) in [5.41, 5.74) is 4.21. The Morgan fingerprint density at radius 3 is 2.32 bits per heavy atom. The quantitative estimate of drug-likeness (QED) is 0.0390. The van der Waals surface area contributed by atoms with Crippen LogP contribution in [0.25, 0.3) is 11.2 Å². The topological polar surface area (TPSA) is 421 Å². The van der Waals surface area contributed by atoms with E-state index in [0.717, 1.165) is 35.4 Å². The number of carboxylic acids is 1. The molecule has 27 nitrogen and oxygen atoms in total. The van der Waals surface area contributed by atoms with Gasteiger partial charge < -0.3 is 61.1 Å². The molecule has 1 aliphatic heterocycles. The number of aromatic nitrogens is 4. The zero-order valence-corrected chi connectivity index (χ0v) is 36.9. The zero-order chi connectivity index (χ0) is 46.5. The lowest BCUT2D eigenvalue weighted by atomic mass is 9.87. The molecule has 0 spiro atoms. The number of aliphatic hydroxyl groups is 3. The third kappa shape index (κ3) is 17.9. The van der Waals surface area contributed by atoms with Crippen molar-refractivity contribution in [3.63, 3.8) is 0 Å². The van der Waals surface area contributed by atoms with Crippen molar-refractivity contribution >= 4 is 75.1 Å². The number of amides is 2. The molecule has 0 saturated carbocycles. The molecular formula is C31H52N7O20P3S. The Kier molecular flexibility index (Phi) is 20.5. The van der Waals surface area contributed by atoms with Crippen molar-refractivity contribution in [2.24, 2.45) is 5.41 Å². The summed E-state index contributed by atoms with van der Waals surface area (Å²) in [4.78, 5) is 98.4. The number of ether oxygens (including phenoxy) is 1. The van der Waals surface area contributed by atoms with Gasteiger partial charge in [0, 0.05) is 43.5 Å². The highest BCUT2D eigenvalue weighted by Gasteiger charge is 2.50. The van der Waals surface area contributed by atoms with E-state index in [-0.39, 0.29) is 60.2 Å². The molecule has 1 aliphatic rings. The Morgan fingerprint density at radius 1 is 0.968 bits per heavy atom. The summed E-state index contributed by atoms with van der Waals surface area (Å²) < 4.78 is 62.2. The highest BCUT2D eigenvalue weighted by Crippen LogP contribution is 2.61. The minimum atomic E-state index is -5.60. The van der Waals surface area contributed by atoms with Gasteiger partial charge in [-0.15, -0.1) is 0 Å². The summed E-state index contributed by atoms with van der Waals surface area (Å²) in [5, 5.41) is 44.8. The minimum Gasteiger partial charge on any atom is -0.481 e. The fourth-order valence-electron chi connectivity index (χ4n) is 5.66. The number of nitrogens with two attached hydrogens (primary N) is 1. The number of phosphoric ester groups is 3. The molecule has 0 bridgehead atoms. The van der Waals surface area contributed by atoms with E-state index in [9.17, 15) is 67.8 Å². The molecule has 3 rings (SSSR count). The molecule has 2 aromatic heterocycles. The third-order valence-electron chi connectivity index (χ3n) is 8.85. The first kappa shape index (κ1) is 53.3. The van der Waals surface area contributed by atoms with Crippen molar-refractivity contribution in [1.82, 2.24) is 30.2 Å². The number of phosphoric acid groups is 3. The van der Waals surface area contributed by atoms with Crippen LogP contribution in [-0.2, 0) is 55.5 Å². The van der Waals surface area contributed by atoms with Crippen LogP contribution < -0.4 is 16.4 Å². The number of thioether (sulfide) groups is 1. The number of carbonyl (C=O) groups is 4. The molecule has 0 aromatic carbocycles. The van der Waals surface area contributed by atoms with Crippen molar-refractivity contribution in [1.29, 1.82) is 0 Å². The van der Waals surface area contributed by atoms with Gasteiger partial charge in [0.05, 0.1) is 25.6 Å². The van der Waals surface area contributed by atoms with Gasteiger partial charge in [-0.2, -0.15) is 4.31 Å². The summed E-state index contributed by atoms with van der Waals surface area (Å²) in [6.07, 6.45) is -4.85. The van der Waals surface area contributed by atoms with Gasteiger partial charge in [-0.1, -0.05) is 44.9 Å². The first-order valence-electron chi connectivity index (χ1n) is 18.8. The molecule has 352 valence electrons. The lowest BCUT2D eigenvalue weighted by Gasteiger charge is -2.30. The van der Waals surface area contributed by atoms with E-state index in [1.807, 2.05) is 0 Å². The number of unbranched alkanes of at least 4 members (excludes halogenated alkanes) is 3. The average Bonchev–Trinajstić information content (AvgIpc) is 3.72. The van der Waals surface area contributed by atoms with Crippen LogP contribution in [0.2, 0.25) is 0 Å². The number of fused-ring (bicyclic) bond motifs is 1. The van der Waals surface area contributed by atoms with Crippen molar-refractivity contribution in [2.45, 2.75) is 102 Å². The fourth-order valence-corrected chi connectivity index (χ4v) is 9.23. The molecule has 0 aliphatic carbocycles. The molecular weight excluding hydrogens is 915 g/mol. The molecule has 0 radical (unpaired) electrons. The SMILES string of the molecule is CC(C)(COP(=O)(O)OP(=O)(O)OC[C@H]1O[C@@H](n2cnc3c(N)ncnc32)[C@H](O)[C@@H]1OP(=O)(O)O)[C@@H](O)C(=O)NCCC(=O)NCCSC(=O)CC(O)CCCCCCC(=O)O. The van der Waals surface area contributed by atoms with Gasteiger partial charge in [-0.3, -0.25) is 37.3 Å². The van der Waals surface area contributed by atoms with Gasteiger partial charge in [0.1, 0.15) is 36.3 Å². The number of carboxylic acid groups (broad SMARTS) is 1. The lowest BCUT2D eigenvalue weighted by Crippen LogP contribution is -2.46. The second kappa shape index (κ2) is 23.8. The number of imidazole rings is 1. The maximum absolute atomic E-state index is 12.7. The van der Waals surface area contributed by atoms with Crippen LogP contribution in [0.15, 0.2) is 12.7 Å². The number of hydrogen-bond donors (Lipinski definition) is 11. The summed E-state index contributed by atoms with van der Waals surface area (Å²) in [6.45, 7) is 0.250. The number of anilines is 1. The van der Waals surface area contributed by atoms with Gasteiger partial charge in [-0.25, -0.2) is 28.6 Å². The maximum Gasteiger partial charge on any atom is 0.481 e. The van der Waals surface area contributed by atoms with Crippen molar-refractivity contribution in [2.75, 3.05) is 37.8 Å². The molecule has 3 heterocycles. The van der Waals surface area contributed by atoms with Crippen molar-refractivity contribution in [3.05, 3.63) is 12.7 Å². The van der Waals surface area contributed by atoms with Crippen LogP contribution in [-0.4, -0.2) is 145 Å². The smallest absolute Gasteiger partial charge is 0.481 e. The Morgan fingerprint density at radius 2 is 1.65 bits per heavy atom. The number of aliphatic carboxylic acids is 1. The molecule has 3 unspecified atom stereocenters.